The highest BCUT2D eigenvalue weighted by Gasteiger charge is 2.39. The Bertz CT molecular complexity index is 1020. The number of aromatic carboxylic acids is 1. The maximum atomic E-state index is 12.9. The first-order valence-corrected chi connectivity index (χ1v) is 17.2. The summed E-state index contributed by atoms with van der Waals surface area (Å²) in [5.74, 6) is -1.80. The Morgan fingerprint density at radius 3 is 1.97 bits per heavy atom. The molecule has 1 N–H and O–H groups in total. The van der Waals surface area contributed by atoms with Gasteiger partial charge in [-0.3, -0.25) is 13.4 Å². The summed E-state index contributed by atoms with van der Waals surface area (Å²) in [4.78, 5) is 24.7. The van der Waals surface area contributed by atoms with Gasteiger partial charge in [0.25, 0.3) is 0 Å². The van der Waals surface area contributed by atoms with Crippen LogP contribution in [0.2, 0.25) is 18.1 Å². The fraction of sp³-hybridized carbons (Fsp3) is 0.667. The topological polar surface area (TPSA) is 118 Å². The lowest BCUT2D eigenvalue weighted by atomic mass is 9.77. The first-order chi connectivity index (χ1) is 16.6. The maximum absolute atomic E-state index is 12.9. The smallest absolute Gasteiger partial charge is 0.478 e. The molecular formula is C24H43O9P3Si. The lowest BCUT2D eigenvalue weighted by Gasteiger charge is -2.38. The van der Waals surface area contributed by atoms with Gasteiger partial charge in [-0.2, -0.15) is 0 Å². The highest BCUT2D eigenvalue weighted by Crippen LogP contribution is 2.55. The minimum absolute atomic E-state index is 0.0231. The third-order valence-corrected chi connectivity index (χ3v) is 13.4. The molecule has 0 fully saturated rings. The molecule has 0 saturated carbocycles. The third kappa shape index (κ3) is 10.00. The monoisotopic (exact) mass is 596 g/mol. The van der Waals surface area contributed by atoms with Gasteiger partial charge in [0.2, 0.25) is 0 Å². The van der Waals surface area contributed by atoms with Crippen LogP contribution in [0.1, 0.15) is 83.3 Å². The van der Waals surface area contributed by atoms with Gasteiger partial charge < -0.3 is 18.8 Å². The molecular weight excluding hydrogens is 553 g/mol. The first kappa shape index (κ1) is 34.2. The van der Waals surface area contributed by atoms with Crippen molar-refractivity contribution in [3.05, 3.63) is 28.8 Å². The molecule has 0 aromatic heterocycles. The van der Waals surface area contributed by atoms with Gasteiger partial charge in [0, 0.05) is 31.1 Å². The molecule has 0 aliphatic carbocycles. The van der Waals surface area contributed by atoms with Gasteiger partial charge in [0.1, 0.15) is 11.4 Å². The molecule has 1 rings (SSSR count). The molecule has 0 aliphatic heterocycles. The van der Waals surface area contributed by atoms with Crippen LogP contribution in [0, 0.1) is 0 Å². The number of rotatable bonds is 12. The number of carboxylic acid groups (broad SMARTS) is 1. The molecule has 9 nitrogen and oxygen atoms in total. The highest BCUT2D eigenvalue weighted by molar-refractivity contribution is 7.57. The Morgan fingerprint density at radius 2 is 1.54 bits per heavy atom. The van der Waals surface area contributed by atoms with E-state index in [0.29, 0.717) is 24.2 Å². The Kier molecular flexibility index (Phi) is 11.6. The van der Waals surface area contributed by atoms with Crippen molar-refractivity contribution in [1.82, 2.24) is 0 Å². The Hall–Kier alpha value is -0.853. The number of carbonyl (C=O) groups excluding carboxylic acids is 1. The quantitative estimate of drug-likeness (QED) is 0.154. The van der Waals surface area contributed by atoms with Crippen LogP contribution in [0.3, 0.4) is 0 Å². The number of benzene rings is 1. The molecule has 2 atom stereocenters. The van der Waals surface area contributed by atoms with Crippen molar-refractivity contribution in [2.45, 2.75) is 97.4 Å². The molecule has 0 bridgehead atoms. The summed E-state index contributed by atoms with van der Waals surface area (Å²) in [5, 5.41) is 9.76. The molecule has 0 aliphatic rings. The predicted molar refractivity (Wildman–Crippen MR) is 154 cm³/mol. The summed E-state index contributed by atoms with van der Waals surface area (Å²) < 4.78 is 40.1. The molecule has 2 unspecified atom stereocenters. The van der Waals surface area contributed by atoms with Crippen LogP contribution >= 0.6 is 26.8 Å². The summed E-state index contributed by atoms with van der Waals surface area (Å²) in [6.45, 7) is 20.3. The summed E-state index contributed by atoms with van der Waals surface area (Å²) in [6.07, 6.45) is 0.293. The largest absolute Gasteiger partial charge is 0.535 e. The lowest BCUT2D eigenvalue weighted by Crippen LogP contribution is -2.41. The number of hydrogen-bond donors (Lipinski definition) is 1. The number of carbonyl (C=O) groups is 2. The number of phosphoric acid groups is 1. The third-order valence-electron chi connectivity index (χ3n) is 6.33. The van der Waals surface area contributed by atoms with Crippen LogP contribution in [-0.2, 0) is 39.0 Å². The molecule has 0 spiro atoms. The number of carboxylic acids is 1. The van der Waals surface area contributed by atoms with Crippen LogP contribution in [0.5, 0.6) is 5.75 Å². The van der Waals surface area contributed by atoms with E-state index in [9.17, 15) is 19.3 Å². The molecule has 13 heteroatoms. The number of ether oxygens (including phenoxy) is 1. The molecule has 212 valence electrons. The van der Waals surface area contributed by atoms with E-state index >= 15 is 0 Å². The zero-order chi connectivity index (χ0) is 29.0. The molecule has 0 amide bonds. The Labute approximate surface area is 227 Å². The van der Waals surface area contributed by atoms with E-state index in [1.54, 1.807) is 20.8 Å². The van der Waals surface area contributed by atoms with Crippen molar-refractivity contribution in [3.63, 3.8) is 0 Å². The lowest BCUT2D eigenvalue weighted by molar-refractivity contribution is -0.153. The highest BCUT2D eigenvalue weighted by atomic mass is 31.2. The summed E-state index contributed by atoms with van der Waals surface area (Å²) in [5.41, 5.74) is -0.709. The average Bonchev–Trinajstić information content (AvgIpc) is 2.70. The van der Waals surface area contributed by atoms with Crippen LogP contribution in [-0.4, -0.2) is 37.6 Å². The van der Waals surface area contributed by atoms with Gasteiger partial charge in [0.15, 0.2) is 8.32 Å². The van der Waals surface area contributed by atoms with Crippen LogP contribution in [0.25, 0.3) is 0 Å². The number of hydrogen-bond acceptors (Lipinski definition) is 8. The van der Waals surface area contributed by atoms with E-state index in [0.717, 1.165) is 0 Å². The number of esters is 1. The van der Waals surface area contributed by atoms with E-state index in [-0.39, 0.29) is 22.8 Å². The van der Waals surface area contributed by atoms with E-state index in [2.05, 4.69) is 33.9 Å². The van der Waals surface area contributed by atoms with Gasteiger partial charge in [0.05, 0.1) is 12.0 Å². The average molecular weight is 597 g/mol. The summed E-state index contributed by atoms with van der Waals surface area (Å²) in [6, 6.07) is 2.67. The standard InChI is InChI=1S/C24H43O9P3Si/c1-22(2,3)30-19(25)15-16-13-17(21(26)27)14-18(31-36(28,32-34)33-35)20(16)24(7,8)11-12-29-37(9,10)23(4,5)6/h13-14H,11-12,15,34-35H2,1-10H3,(H,26,27). The molecule has 37 heavy (non-hydrogen) atoms. The van der Waals surface area contributed by atoms with Gasteiger partial charge in [-0.25, -0.2) is 9.36 Å². The van der Waals surface area contributed by atoms with Crippen molar-refractivity contribution >= 4 is 47.0 Å². The van der Waals surface area contributed by atoms with Crippen LogP contribution < -0.4 is 4.52 Å². The van der Waals surface area contributed by atoms with Gasteiger partial charge in [-0.1, -0.05) is 34.6 Å². The normalized spacial score (nSPS) is 13.4. The maximum Gasteiger partial charge on any atom is 0.535 e. The van der Waals surface area contributed by atoms with Crippen LogP contribution in [0.15, 0.2) is 12.1 Å². The van der Waals surface area contributed by atoms with Crippen molar-refractivity contribution in [2.75, 3.05) is 6.61 Å². The minimum Gasteiger partial charge on any atom is -0.478 e. The summed E-state index contributed by atoms with van der Waals surface area (Å²) >= 11 is 0. The van der Waals surface area contributed by atoms with E-state index < -0.39 is 39.1 Å². The molecule has 1 aromatic rings. The second-order valence-corrected chi connectivity index (χ2v) is 19.6. The van der Waals surface area contributed by atoms with E-state index in [1.165, 1.54) is 12.1 Å². The van der Waals surface area contributed by atoms with Gasteiger partial charge in [-0.05, 0) is 68.4 Å². The Balaban J connectivity index is 3.66. The van der Waals surface area contributed by atoms with E-state index in [1.807, 2.05) is 32.8 Å². The second kappa shape index (κ2) is 12.5. The van der Waals surface area contributed by atoms with Crippen molar-refractivity contribution in [1.29, 1.82) is 0 Å². The fourth-order valence-electron chi connectivity index (χ4n) is 3.40. The van der Waals surface area contributed by atoms with Gasteiger partial charge >= 0.3 is 19.8 Å². The molecule has 0 saturated heterocycles. The molecule has 0 radical (unpaired) electrons. The van der Waals surface area contributed by atoms with Crippen molar-refractivity contribution in [2.24, 2.45) is 0 Å². The zero-order valence-corrected chi connectivity index (χ0v) is 27.8. The first-order valence-electron chi connectivity index (χ1n) is 11.9. The second-order valence-electron chi connectivity index (χ2n) is 12.1. The van der Waals surface area contributed by atoms with Crippen molar-refractivity contribution < 1.29 is 41.6 Å². The predicted octanol–water partition coefficient (Wildman–Crippen LogP) is 7.06. The fourth-order valence-corrected chi connectivity index (χ4v) is 5.82. The van der Waals surface area contributed by atoms with Crippen LogP contribution in [0.4, 0.5) is 0 Å². The SMILES string of the molecule is CC(C)(C)OC(=O)Cc1cc(C(=O)O)cc(OP(=O)(OP)OP)c1C(C)(C)CCO[Si](C)(C)C(C)(C)C. The Morgan fingerprint density at radius 1 is 1.00 bits per heavy atom. The summed E-state index contributed by atoms with van der Waals surface area (Å²) in [7, 11) is -2.51. The molecule has 0 heterocycles. The molecule has 1 aromatic carbocycles. The zero-order valence-electron chi connectivity index (χ0n) is 23.6. The minimum atomic E-state index is -4.12. The van der Waals surface area contributed by atoms with E-state index in [4.69, 9.17) is 22.3 Å². The van der Waals surface area contributed by atoms with Gasteiger partial charge in [-0.15, -0.1) is 0 Å². The van der Waals surface area contributed by atoms with Crippen molar-refractivity contribution in [3.8, 4) is 5.75 Å².